The number of rotatable bonds is 8. The number of carbonyl (C=O) groups excluding carboxylic acids is 2. The van der Waals surface area contributed by atoms with Crippen molar-refractivity contribution in [1.29, 1.82) is 0 Å². The third kappa shape index (κ3) is 5.67. The molecule has 2 aromatic heterocycles. The first-order chi connectivity index (χ1) is 15.5. The van der Waals surface area contributed by atoms with Crippen molar-refractivity contribution in [1.82, 2.24) is 19.3 Å². The molecular formula is C24H34N4O3S. The molecule has 2 aliphatic heterocycles. The number of aryl methyl sites for hydroxylation is 2. The molecule has 2 fully saturated rings. The highest BCUT2D eigenvalue weighted by molar-refractivity contribution is 7.09. The number of ether oxygens (including phenoxy) is 1. The van der Waals surface area contributed by atoms with Gasteiger partial charge in [-0.3, -0.25) is 19.4 Å². The number of ketones is 1. The van der Waals surface area contributed by atoms with Crippen LogP contribution in [-0.4, -0.2) is 96.5 Å². The first kappa shape index (κ1) is 23.2. The Morgan fingerprint density at radius 1 is 1.00 bits per heavy atom. The van der Waals surface area contributed by atoms with Gasteiger partial charge in [0.05, 0.1) is 26.3 Å². The van der Waals surface area contributed by atoms with E-state index < -0.39 is 0 Å². The van der Waals surface area contributed by atoms with Crippen LogP contribution in [-0.2, 0) is 22.5 Å². The third-order valence-electron chi connectivity index (χ3n) is 6.59. The molecule has 4 rings (SSSR count). The van der Waals surface area contributed by atoms with Gasteiger partial charge in [-0.15, -0.1) is 11.3 Å². The van der Waals surface area contributed by atoms with E-state index in [4.69, 9.17) is 4.74 Å². The molecule has 32 heavy (non-hydrogen) atoms. The fourth-order valence-corrected chi connectivity index (χ4v) is 5.30. The first-order valence-electron chi connectivity index (χ1n) is 11.5. The summed E-state index contributed by atoms with van der Waals surface area (Å²) >= 11 is 1.78. The summed E-state index contributed by atoms with van der Waals surface area (Å²) in [6, 6.07) is 6.28. The highest BCUT2D eigenvalue weighted by Crippen LogP contribution is 2.19. The number of hydrogen-bond acceptors (Lipinski definition) is 6. The van der Waals surface area contributed by atoms with Crippen molar-refractivity contribution in [3.8, 4) is 0 Å². The number of nitrogens with zero attached hydrogens (tertiary/aromatic N) is 4. The second-order valence-electron chi connectivity index (χ2n) is 8.73. The predicted molar refractivity (Wildman–Crippen MR) is 127 cm³/mol. The second kappa shape index (κ2) is 10.7. The van der Waals surface area contributed by atoms with Crippen molar-refractivity contribution < 1.29 is 14.3 Å². The zero-order chi connectivity index (χ0) is 22.5. The van der Waals surface area contributed by atoms with Gasteiger partial charge < -0.3 is 14.2 Å². The van der Waals surface area contributed by atoms with Crippen LogP contribution in [0.3, 0.4) is 0 Å². The van der Waals surface area contributed by atoms with Crippen LogP contribution in [0.2, 0.25) is 0 Å². The highest BCUT2D eigenvalue weighted by Gasteiger charge is 2.25. The number of hydrogen-bond donors (Lipinski definition) is 0. The van der Waals surface area contributed by atoms with E-state index >= 15 is 0 Å². The Hall–Kier alpha value is -2.00. The van der Waals surface area contributed by atoms with Gasteiger partial charge in [-0.2, -0.15) is 0 Å². The first-order valence-corrected chi connectivity index (χ1v) is 12.4. The molecule has 8 heteroatoms. The van der Waals surface area contributed by atoms with Crippen LogP contribution in [0.25, 0.3) is 0 Å². The van der Waals surface area contributed by atoms with Gasteiger partial charge in [-0.25, -0.2) is 0 Å². The Balaban J connectivity index is 1.26. The minimum absolute atomic E-state index is 0.175. The molecule has 0 aliphatic carbocycles. The Labute approximate surface area is 194 Å². The molecule has 0 atom stereocenters. The van der Waals surface area contributed by atoms with E-state index in [2.05, 4.69) is 45.7 Å². The summed E-state index contributed by atoms with van der Waals surface area (Å²) in [5.74, 6) is 0.362. The summed E-state index contributed by atoms with van der Waals surface area (Å²) in [4.78, 5) is 33.3. The van der Waals surface area contributed by atoms with Crippen molar-refractivity contribution in [3.63, 3.8) is 0 Å². The summed E-state index contributed by atoms with van der Waals surface area (Å²) < 4.78 is 7.61. The molecule has 0 saturated carbocycles. The minimum atomic E-state index is 0.175. The Kier molecular flexibility index (Phi) is 7.78. The quantitative estimate of drug-likeness (QED) is 0.567. The lowest BCUT2D eigenvalue weighted by Gasteiger charge is -2.36. The van der Waals surface area contributed by atoms with Crippen LogP contribution in [0.4, 0.5) is 0 Å². The maximum atomic E-state index is 13.1. The highest BCUT2D eigenvalue weighted by atomic mass is 32.1. The molecule has 0 N–H and O–H groups in total. The molecule has 0 spiro atoms. The van der Waals surface area contributed by atoms with Crippen LogP contribution >= 0.6 is 11.3 Å². The van der Waals surface area contributed by atoms with Crippen LogP contribution in [0.1, 0.15) is 26.6 Å². The van der Waals surface area contributed by atoms with Crippen LogP contribution in [0, 0.1) is 13.8 Å². The van der Waals surface area contributed by atoms with Gasteiger partial charge in [0.25, 0.3) is 0 Å². The van der Waals surface area contributed by atoms with E-state index in [0.717, 1.165) is 56.1 Å². The Morgan fingerprint density at radius 2 is 1.72 bits per heavy atom. The van der Waals surface area contributed by atoms with Gasteiger partial charge in [0, 0.05) is 67.6 Å². The number of Topliss-reactive ketones (excluding diaryl/α,β-unsaturated/α-hetero) is 1. The average Bonchev–Trinajstić information content (AvgIpc) is 3.41. The van der Waals surface area contributed by atoms with Crippen molar-refractivity contribution in [2.75, 3.05) is 65.6 Å². The number of carbonyl (C=O) groups is 2. The van der Waals surface area contributed by atoms with E-state index in [-0.39, 0.29) is 11.7 Å². The van der Waals surface area contributed by atoms with E-state index in [1.165, 1.54) is 4.88 Å². The monoisotopic (exact) mass is 458 g/mol. The summed E-state index contributed by atoms with van der Waals surface area (Å²) in [5.41, 5.74) is 3.03. The van der Waals surface area contributed by atoms with Crippen molar-refractivity contribution in [2.45, 2.75) is 26.8 Å². The Morgan fingerprint density at radius 3 is 2.41 bits per heavy atom. The number of aromatic nitrogens is 1. The van der Waals surface area contributed by atoms with Gasteiger partial charge in [0.1, 0.15) is 0 Å². The maximum absolute atomic E-state index is 13.1. The van der Waals surface area contributed by atoms with Gasteiger partial charge in [0.2, 0.25) is 5.91 Å². The topological polar surface area (TPSA) is 58.0 Å². The molecule has 1 amide bonds. The SMILES string of the molecule is Cc1cc(C(=O)CN2CCN(C(=O)CN3CCOCC3)CC2)c(C)n1CCc1cccs1. The molecule has 174 valence electrons. The molecule has 4 heterocycles. The summed E-state index contributed by atoms with van der Waals surface area (Å²) in [6.07, 6.45) is 0.988. The number of amides is 1. The third-order valence-corrected chi connectivity index (χ3v) is 7.53. The molecule has 2 saturated heterocycles. The largest absolute Gasteiger partial charge is 0.379 e. The molecule has 0 unspecified atom stereocenters. The standard InChI is InChI=1S/C24H34N4O3S/c1-19-16-22(20(2)28(19)6-5-21-4-3-15-32-21)23(29)17-25-7-9-27(10-8-25)24(30)18-26-11-13-31-14-12-26/h3-4,15-16H,5-14,17-18H2,1-2H3. The lowest BCUT2D eigenvalue weighted by Crippen LogP contribution is -2.52. The summed E-state index contributed by atoms with van der Waals surface area (Å²) in [6.45, 7) is 11.9. The van der Waals surface area contributed by atoms with E-state index in [1.54, 1.807) is 11.3 Å². The number of thiophene rings is 1. The molecular weight excluding hydrogens is 424 g/mol. The van der Waals surface area contributed by atoms with Gasteiger partial charge in [0.15, 0.2) is 5.78 Å². The fraction of sp³-hybridized carbons (Fsp3) is 0.583. The minimum Gasteiger partial charge on any atom is -0.379 e. The number of piperazine rings is 1. The normalized spacial score (nSPS) is 18.2. The summed E-state index contributed by atoms with van der Waals surface area (Å²) in [5, 5.41) is 2.11. The smallest absolute Gasteiger partial charge is 0.236 e. The maximum Gasteiger partial charge on any atom is 0.236 e. The fourth-order valence-electron chi connectivity index (χ4n) is 4.60. The molecule has 2 aromatic rings. The summed E-state index contributed by atoms with van der Waals surface area (Å²) in [7, 11) is 0. The van der Waals surface area contributed by atoms with Gasteiger partial charge >= 0.3 is 0 Å². The van der Waals surface area contributed by atoms with Crippen LogP contribution < -0.4 is 0 Å². The Bertz CT molecular complexity index is 910. The lowest BCUT2D eigenvalue weighted by atomic mass is 10.1. The van der Waals surface area contributed by atoms with Crippen LogP contribution in [0.5, 0.6) is 0 Å². The number of morpholine rings is 1. The van der Waals surface area contributed by atoms with E-state index in [1.807, 2.05) is 11.0 Å². The van der Waals surface area contributed by atoms with E-state index in [0.29, 0.717) is 39.4 Å². The van der Waals surface area contributed by atoms with Gasteiger partial charge in [-0.05, 0) is 37.8 Å². The molecule has 7 nitrogen and oxygen atoms in total. The lowest BCUT2D eigenvalue weighted by molar-refractivity contribution is -0.135. The van der Waals surface area contributed by atoms with E-state index in [9.17, 15) is 9.59 Å². The second-order valence-corrected chi connectivity index (χ2v) is 9.77. The zero-order valence-electron chi connectivity index (χ0n) is 19.2. The average molecular weight is 459 g/mol. The molecule has 2 aliphatic rings. The molecule has 0 bridgehead atoms. The molecule has 0 aromatic carbocycles. The van der Waals surface area contributed by atoms with Crippen molar-refractivity contribution in [2.24, 2.45) is 0 Å². The van der Waals surface area contributed by atoms with Crippen LogP contribution in [0.15, 0.2) is 23.6 Å². The van der Waals surface area contributed by atoms with Gasteiger partial charge in [-0.1, -0.05) is 6.07 Å². The van der Waals surface area contributed by atoms with Crippen molar-refractivity contribution in [3.05, 3.63) is 45.4 Å². The molecule has 0 radical (unpaired) electrons. The van der Waals surface area contributed by atoms with Crippen molar-refractivity contribution >= 4 is 23.0 Å². The predicted octanol–water partition coefficient (Wildman–Crippen LogP) is 2.07. The zero-order valence-corrected chi connectivity index (χ0v) is 20.0.